The van der Waals surface area contributed by atoms with Crippen molar-refractivity contribution in [3.63, 3.8) is 0 Å². The van der Waals surface area contributed by atoms with Gasteiger partial charge in [0.1, 0.15) is 12.4 Å². The molecular formula is C26H41N3O4. The van der Waals surface area contributed by atoms with E-state index < -0.39 is 0 Å². The number of carbonyl (C=O) groups is 2. The topological polar surface area (TPSA) is 71.1 Å². The summed E-state index contributed by atoms with van der Waals surface area (Å²) in [5.74, 6) is 1.23. The Morgan fingerprint density at radius 2 is 1.91 bits per heavy atom. The molecule has 184 valence electrons. The predicted molar refractivity (Wildman–Crippen MR) is 131 cm³/mol. The minimum Gasteiger partial charge on any atom is -0.491 e. The van der Waals surface area contributed by atoms with E-state index in [1.54, 1.807) is 37.3 Å². The van der Waals surface area contributed by atoms with E-state index in [2.05, 4.69) is 24.1 Å². The van der Waals surface area contributed by atoms with Crippen molar-refractivity contribution in [2.45, 2.75) is 65.0 Å². The van der Waals surface area contributed by atoms with E-state index in [9.17, 15) is 9.59 Å². The number of hydrogen-bond acceptors (Lipinski definition) is 5. The van der Waals surface area contributed by atoms with Crippen LogP contribution in [0.25, 0.3) is 0 Å². The van der Waals surface area contributed by atoms with E-state index in [1.807, 2.05) is 0 Å². The van der Waals surface area contributed by atoms with Crippen LogP contribution in [0.5, 0.6) is 5.75 Å². The fourth-order valence-electron chi connectivity index (χ4n) is 5.09. The molecule has 1 aliphatic heterocycles. The second-order valence-corrected chi connectivity index (χ2v) is 9.95. The number of benzene rings is 1. The Morgan fingerprint density at radius 1 is 1.18 bits per heavy atom. The van der Waals surface area contributed by atoms with Gasteiger partial charge in [-0.3, -0.25) is 14.5 Å². The van der Waals surface area contributed by atoms with Crippen molar-refractivity contribution in [2.75, 3.05) is 45.7 Å². The molecule has 0 spiro atoms. The lowest BCUT2D eigenvalue weighted by atomic mass is 9.88. The van der Waals surface area contributed by atoms with Crippen LogP contribution in [0.3, 0.4) is 0 Å². The third-order valence-electron chi connectivity index (χ3n) is 7.11. The minimum absolute atomic E-state index is 0.0673. The molecule has 3 rings (SSSR count). The van der Waals surface area contributed by atoms with Crippen molar-refractivity contribution in [3.8, 4) is 5.75 Å². The number of hydrogen-bond donors (Lipinski definition) is 1. The number of nitrogens with one attached hydrogen (secondary N) is 1. The number of methoxy groups -OCH3 is 1. The van der Waals surface area contributed by atoms with Crippen LogP contribution in [0.1, 0.15) is 63.2 Å². The Kier molecular flexibility index (Phi) is 9.15. The number of likely N-dealkylation sites (N-methyl/N-ethyl adjacent to an activating group) is 1. The summed E-state index contributed by atoms with van der Waals surface area (Å²) in [4.78, 5) is 29.1. The second kappa shape index (κ2) is 11.8. The van der Waals surface area contributed by atoms with Crippen molar-refractivity contribution in [3.05, 3.63) is 23.8 Å². The largest absolute Gasteiger partial charge is 0.491 e. The predicted octanol–water partition coefficient (Wildman–Crippen LogP) is 4.03. The second-order valence-electron chi connectivity index (χ2n) is 9.95. The molecule has 1 aromatic rings. The molecule has 0 unspecified atom stereocenters. The first-order valence-corrected chi connectivity index (χ1v) is 12.3. The first-order chi connectivity index (χ1) is 15.8. The molecule has 2 amide bonds. The van der Waals surface area contributed by atoms with Crippen LogP contribution in [0.2, 0.25) is 0 Å². The van der Waals surface area contributed by atoms with E-state index in [4.69, 9.17) is 9.47 Å². The van der Waals surface area contributed by atoms with Crippen LogP contribution >= 0.6 is 0 Å². The normalized spacial score (nSPS) is 26.0. The van der Waals surface area contributed by atoms with Crippen LogP contribution in [0, 0.1) is 11.8 Å². The maximum Gasteiger partial charge on any atom is 0.257 e. The van der Waals surface area contributed by atoms with E-state index in [0.717, 1.165) is 19.0 Å². The molecular weight excluding hydrogens is 418 g/mol. The van der Waals surface area contributed by atoms with Gasteiger partial charge < -0.3 is 19.7 Å². The monoisotopic (exact) mass is 459 g/mol. The molecule has 0 radical (unpaired) electrons. The van der Waals surface area contributed by atoms with Gasteiger partial charge >= 0.3 is 0 Å². The van der Waals surface area contributed by atoms with Gasteiger partial charge in [-0.15, -0.1) is 0 Å². The first kappa shape index (κ1) is 25.5. The summed E-state index contributed by atoms with van der Waals surface area (Å²) in [5.41, 5.74) is 1.04. The maximum absolute atomic E-state index is 13.3. The molecule has 7 nitrogen and oxygen atoms in total. The third-order valence-corrected chi connectivity index (χ3v) is 7.11. The summed E-state index contributed by atoms with van der Waals surface area (Å²) in [6.45, 7) is 8.86. The van der Waals surface area contributed by atoms with Gasteiger partial charge in [0.15, 0.2) is 0 Å². The van der Waals surface area contributed by atoms with Crippen molar-refractivity contribution in [1.29, 1.82) is 0 Å². The fraction of sp³-hybridized carbons (Fsp3) is 0.692. The molecule has 7 heteroatoms. The smallest absolute Gasteiger partial charge is 0.257 e. The van der Waals surface area contributed by atoms with E-state index in [0.29, 0.717) is 30.2 Å². The molecule has 0 aromatic heterocycles. The van der Waals surface area contributed by atoms with Crippen LogP contribution in [-0.4, -0.2) is 74.2 Å². The van der Waals surface area contributed by atoms with Gasteiger partial charge in [0.05, 0.1) is 11.7 Å². The lowest BCUT2D eigenvalue weighted by Gasteiger charge is -2.38. The molecule has 2 aliphatic rings. The summed E-state index contributed by atoms with van der Waals surface area (Å²) in [7, 11) is 3.52. The van der Waals surface area contributed by atoms with Crippen LogP contribution in [0.15, 0.2) is 18.2 Å². The van der Waals surface area contributed by atoms with Gasteiger partial charge in [0, 0.05) is 52.4 Å². The average Bonchev–Trinajstić information content (AvgIpc) is 2.80. The number of fused-ring (bicyclic) bond motifs is 1. The molecule has 1 saturated carbocycles. The van der Waals surface area contributed by atoms with Gasteiger partial charge in [-0.05, 0) is 49.8 Å². The third kappa shape index (κ3) is 6.93. The maximum atomic E-state index is 13.3. The Morgan fingerprint density at radius 3 is 2.58 bits per heavy atom. The number of anilines is 1. The highest BCUT2D eigenvalue weighted by atomic mass is 16.5. The van der Waals surface area contributed by atoms with E-state index >= 15 is 0 Å². The van der Waals surface area contributed by atoms with Gasteiger partial charge in [-0.2, -0.15) is 0 Å². The molecule has 1 N–H and O–H groups in total. The van der Waals surface area contributed by atoms with Gasteiger partial charge in [-0.25, -0.2) is 0 Å². The van der Waals surface area contributed by atoms with Crippen molar-refractivity contribution in [1.82, 2.24) is 9.80 Å². The molecule has 1 aromatic carbocycles. The molecule has 1 fully saturated rings. The van der Waals surface area contributed by atoms with Crippen molar-refractivity contribution < 1.29 is 19.1 Å². The zero-order chi connectivity index (χ0) is 24.0. The van der Waals surface area contributed by atoms with E-state index in [1.165, 1.54) is 39.0 Å². The van der Waals surface area contributed by atoms with Gasteiger partial charge in [-0.1, -0.05) is 26.2 Å². The lowest BCUT2D eigenvalue weighted by molar-refractivity contribution is -0.114. The number of carbonyl (C=O) groups excluding carboxylic acids is 2. The molecule has 0 saturated heterocycles. The average molecular weight is 460 g/mol. The Bertz CT molecular complexity index is 809. The molecule has 1 heterocycles. The summed E-state index contributed by atoms with van der Waals surface area (Å²) >= 11 is 0. The molecule has 3 atom stereocenters. The summed E-state index contributed by atoms with van der Waals surface area (Å²) in [6, 6.07) is 5.48. The standard InChI is InChI=1S/C26H41N3O4/c1-18-14-29(15-21-9-7-6-8-10-21)19(2)17-33-24-12-11-22(27-20(3)30)13-23(24)26(31)28(4)16-25(18)32-5/h11-13,18-19,21,25H,6-10,14-17H2,1-5H3,(H,27,30)/t18-,19-,25+/m1/s1. The highest BCUT2D eigenvalue weighted by molar-refractivity contribution is 5.99. The highest BCUT2D eigenvalue weighted by Gasteiger charge is 2.29. The zero-order valence-electron chi connectivity index (χ0n) is 20.9. The quantitative estimate of drug-likeness (QED) is 0.736. The number of rotatable bonds is 4. The van der Waals surface area contributed by atoms with Crippen LogP contribution < -0.4 is 10.1 Å². The summed E-state index contributed by atoms with van der Waals surface area (Å²) < 4.78 is 12.1. The summed E-state index contributed by atoms with van der Waals surface area (Å²) in [6.07, 6.45) is 6.56. The number of ether oxygens (including phenoxy) is 2. The molecule has 0 bridgehead atoms. The number of nitrogens with zero attached hydrogens (tertiary/aromatic N) is 2. The Balaban J connectivity index is 1.89. The highest BCUT2D eigenvalue weighted by Crippen LogP contribution is 2.28. The Labute approximate surface area is 198 Å². The van der Waals surface area contributed by atoms with Crippen LogP contribution in [0.4, 0.5) is 5.69 Å². The van der Waals surface area contributed by atoms with E-state index in [-0.39, 0.29) is 29.9 Å². The zero-order valence-corrected chi connectivity index (χ0v) is 20.9. The minimum atomic E-state index is -0.176. The molecule has 33 heavy (non-hydrogen) atoms. The van der Waals surface area contributed by atoms with Crippen LogP contribution in [-0.2, 0) is 9.53 Å². The summed E-state index contributed by atoms with van der Waals surface area (Å²) in [5, 5.41) is 2.77. The Hall–Kier alpha value is -2.12. The SMILES string of the molecule is CO[C@H]1CN(C)C(=O)c2cc(NC(C)=O)ccc2OC[C@@H](C)N(CC2CCCCC2)C[C@H]1C. The first-order valence-electron chi connectivity index (χ1n) is 12.3. The lowest BCUT2D eigenvalue weighted by Crippen LogP contribution is -2.48. The fourth-order valence-corrected chi connectivity index (χ4v) is 5.09. The van der Waals surface area contributed by atoms with Gasteiger partial charge in [0.2, 0.25) is 5.91 Å². The molecule has 1 aliphatic carbocycles. The number of amides is 2. The van der Waals surface area contributed by atoms with Crippen molar-refractivity contribution in [2.24, 2.45) is 11.8 Å². The van der Waals surface area contributed by atoms with Crippen molar-refractivity contribution >= 4 is 17.5 Å². The van der Waals surface area contributed by atoms with Gasteiger partial charge in [0.25, 0.3) is 5.91 Å².